The molecular weight excluding hydrogens is 234 g/mol. The number of nitrogens with zero attached hydrogens (tertiary/aromatic N) is 1. The molecule has 2 heteroatoms. The molecule has 0 aliphatic rings. The minimum atomic E-state index is -0.0970. The van der Waals surface area contributed by atoms with Crippen LogP contribution in [0.2, 0.25) is 0 Å². The third kappa shape index (κ3) is 2.61. The van der Waals surface area contributed by atoms with Gasteiger partial charge in [0, 0.05) is 5.41 Å². The minimum absolute atomic E-state index is 0.0970. The molecule has 2 aromatic carbocycles. The summed E-state index contributed by atoms with van der Waals surface area (Å²) in [7, 11) is 1.67. The van der Waals surface area contributed by atoms with Crippen LogP contribution in [0, 0.1) is 11.3 Å². The van der Waals surface area contributed by atoms with Crippen LogP contribution in [0.1, 0.15) is 30.5 Å². The average molecular weight is 251 g/mol. The molecule has 0 unspecified atom stereocenters. The molecule has 0 saturated carbocycles. The van der Waals surface area contributed by atoms with Gasteiger partial charge in [0.1, 0.15) is 5.75 Å². The molecule has 0 amide bonds. The normalized spacial score (nSPS) is 10.8. The molecule has 0 heterocycles. The first-order chi connectivity index (χ1) is 9.07. The van der Waals surface area contributed by atoms with E-state index >= 15 is 0 Å². The largest absolute Gasteiger partial charge is 0.497 e. The van der Waals surface area contributed by atoms with Crippen molar-refractivity contribution in [1.82, 2.24) is 0 Å². The summed E-state index contributed by atoms with van der Waals surface area (Å²) in [6.45, 7) is 4.35. The van der Waals surface area contributed by atoms with E-state index in [0.717, 1.165) is 5.75 Å². The van der Waals surface area contributed by atoms with Crippen LogP contribution in [0.25, 0.3) is 0 Å². The van der Waals surface area contributed by atoms with E-state index in [2.05, 4.69) is 32.0 Å². The van der Waals surface area contributed by atoms with Crippen LogP contribution in [0.5, 0.6) is 5.75 Å². The van der Waals surface area contributed by atoms with Gasteiger partial charge in [0.15, 0.2) is 0 Å². The van der Waals surface area contributed by atoms with Gasteiger partial charge in [-0.2, -0.15) is 5.26 Å². The van der Waals surface area contributed by atoms with Crippen LogP contribution >= 0.6 is 0 Å². The smallest absolute Gasteiger partial charge is 0.118 e. The number of benzene rings is 2. The van der Waals surface area contributed by atoms with Gasteiger partial charge in [-0.15, -0.1) is 0 Å². The van der Waals surface area contributed by atoms with Gasteiger partial charge in [-0.25, -0.2) is 0 Å². The molecule has 19 heavy (non-hydrogen) atoms. The van der Waals surface area contributed by atoms with Crippen molar-refractivity contribution < 1.29 is 4.74 Å². The van der Waals surface area contributed by atoms with Gasteiger partial charge in [-0.3, -0.25) is 0 Å². The molecule has 2 aromatic rings. The van der Waals surface area contributed by atoms with E-state index in [1.54, 1.807) is 7.11 Å². The van der Waals surface area contributed by atoms with Gasteiger partial charge in [-0.1, -0.05) is 38.1 Å². The maximum absolute atomic E-state index is 8.84. The van der Waals surface area contributed by atoms with Gasteiger partial charge in [0.05, 0.1) is 18.7 Å². The molecule has 0 aliphatic heterocycles. The Balaban J connectivity index is 2.36. The second-order valence-electron chi connectivity index (χ2n) is 5.04. The van der Waals surface area contributed by atoms with Crippen LogP contribution < -0.4 is 4.74 Å². The van der Waals surface area contributed by atoms with E-state index in [1.807, 2.05) is 36.4 Å². The summed E-state index contributed by atoms with van der Waals surface area (Å²) in [5.41, 5.74) is 3.00. The van der Waals surface area contributed by atoms with Crippen molar-refractivity contribution in [3.05, 3.63) is 65.2 Å². The maximum atomic E-state index is 8.84. The number of methoxy groups -OCH3 is 1. The molecule has 0 fully saturated rings. The Kier molecular flexibility index (Phi) is 3.57. The van der Waals surface area contributed by atoms with Crippen LogP contribution in [0.3, 0.4) is 0 Å². The highest BCUT2D eigenvalue weighted by Gasteiger charge is 2.22. The SMILES string of the molecule is COc1ccc(C(C)(C)c2ccc(C#N)cc2)cc1. The van der Waals surface area contributed by atoms with E-state index < -0.39 is 0 Å². The Bertz CT molecular complexity index is 589. The molecular formula is C17H17NO. The summed E-state index contributed by atoms with van der Waals surface area (Å²) in [6.07, 6.45) is 0. The summed E-state index contributed by atoms with van der Waals surface area (Å²) >= 11 is 0. The zero-order valence-corrected chi connectivity index (χ0v) is 11.5. The molecule has 0 aliphatic carbocycles. The molecule has 0 atom stereocenters. The highest BCUT2D eigenvalue weighted by Crippen LogP contribution is 2.32. The van der Waals surface area contributed by atoms with Crippen molar-refractivity contribution >= 4 is 0 Å². The second kappa shape index (κ2) is 5.16. The van der Waals surface area contributed by atoms with E-state index in [4.69, 9.17) is 10.00 Å². The first-order valence-electron chi connectivity index (χ1n) is 6.23. The molecule has 0 radical (unpaired) electrons. The molecule has 2 rings (SSSR count). The predicted molar refractivity (Wildman–Crippen MR) is 76.3 cm³/mol. The predicted octanol–water partition coefficient (Wildman–Crippen LogP) is 3.89. The van der Waals surface area contributed by atoms with E-state index in [-0.39, 0.29) is 5.41 Å². The highest BCUT2D eigenvalue weighted by molar-refractivity contribution is 5.42. The molecule has 0 aromatic heterocycles. The molecule has 0 bridgehead atoms. The first-order valence-corrected chi connectivity index (χ1v) is 6.23. The third-order valence-electron chi connectivity index (χ3n) is 3.55. The van der Waals surface area contributed by atoms with Crippen LogP contribution in [-0.2, 0) is 5.41 Å². The highest BCUT2D eigenvalue weighted by atomic mass is 16.5. The Morgan fingerprint density at radius 3 is 1.79 bits per heavy atom. The molecule has 0 spiro atoms. The standard InChI is InChI=1S/C17H17NO/c1-17(2,14-6-4-13(12-18)5-7-14)15-8-10-16(19-3)11-9-15/h4-11H,1-3H3. The molecule has 2 nitrogen and oxygen atoms in total. The quantitative estimate of drug-likeness (QED) is 0.829. The Hall–Kier alpha value is -2.27. The lowest BCUT2D eigenvalue weighted by Gasteiger charge is -2.26. The minimum Gasteiger partial charge on any atom is -0.497 e. The number of hydrogen-bond acceptors (Lipinski definition) is 2. The summed E-state index contributed by atoms with van der Waals surface area (Å²) < 4.78 is 5.18. The van der Waals surface area contributed by atoms with E-state index in [0.29, 0.717) is 5.56 Å². The Morgan fingerprint density at radius 2 is 1.37 bits per heavy atom. The fourth-order valence-corrected chi connectivity index (χ4v) is 2.14. The van der Waals surface area contributed by atoms with Crippen molar-refractivity contribution in [2.24, 2.45) is 0 Å². The zero-order chi connectivity index (χ0) is 13.9. The number of nitriles is 1. The van der Waals surface area contributed by atoms with Crippen molar-refractivity contribution in [1.29, 1.82) is 5.26 Å². The molecule has 0 N–H and O–H groups in total. The summed E-state index contributed by atoms with van der Waals surface area (Å²) in [5, 5.41) is 8.84. The Labute approximate surface area is 114 Å². The fraction of sp³-hybridized carbons (Fsp3) is 0.235. The van der Waals surface area contributed by atoms with Gasteiger partial charge in [-0.05, 0) is 35.4 Å². The number of hydrogen-bond donors (Lipinski definition) is 0. The van der Waals surface area contributed by atoms with Gasteiger partial charge in [0.25, 0.3) is 0 Å². The van der Waals surface area contributed by atoms with Crippen molar-refractivity contribution in [3.63, 3.8) is 0 Å². The van der Waals surface area contributed by atoms with Crippen LogP contribution in [0.4, 0.5) is 0 Å². The molecule has 0 saturated heterocycles. The van der Waals surface area contributed by atoms with Crippen molar-refractivity contribution in [2.45, 2.75) is 19.3 Å². The van der Waals surface area contributed by atoms with Gasteiger partial charge < -0.3 is 4.74 Å². The van der Waals surface area contributed by atoms with E-state index in [1.165, 1.54) is 11.1 Å². The lowest BCUT2D eigenvalue weighted by molar-refractivity contribution is 0.414. The van der Waals surface area contributed by atoms with Crippen LogP contribution in [-0.4, -0.2) is 7.11 Å². The first kappa shape index (κ1) is 13.2. The summed E-state index contributed by atoms with van der Waals surface area (Å²) in [4.78, 5) is 0. The summed E-state index contributed by atoms with van der Waals surface area (Å²) in [5.74, 6) is 0.861. The van der Waals surface area contributed by atoms with E-state index in [9.17, 15) is 0 Å². The maximum Gasteiger partial charge on any atom is 0.118 e. The lowest BCUT2D eigenvalue weighted by Crippen LogP contribution is -2.18. The molecule has 96 valence electrons. The lowest BCUT2D eigenvalue weighted by atomic mass is 9.78. The fourth-order valence-electron chi connectivity index (χ4n) is 2.14. The van der Waals surface area contributed by atoms with Crippen LogP contribution in [0.15, 0.2) is 48.5 Å². The van der Waals surface area contributed by atoms with Gasteiger partial charge in [0.2, 0.25) is 0 Å². The summed E-state index contributed by atoms with van der Waals surface area (Å²) in [6, 6.07) is 18.0. The van der Waals surface area contributed by atoms with Crippen molar-refractivity contribution in [2.75, 3.05) is 7.11 Å². The number of rotatable bonds is 3. The zero-order valence-electron chi connectivity index (χ0n) is 11.5. The Morgan fingerprint density at radius 1 is 0.895 bits per heavy atom. The third-order valence-corrected chi connectivity index (χ3v) is 3.55. The average Bonchev–Trinajstić information content (AvgIpc) is 2.47. The topological polar surface area (TPSA) is 33.0 Å². The van der Waals surface area contributed by atoms with Crippen molar-refractivity contribution in [3.8, 4) is 11.8 Å². The second-order valence-corrected chi connectivity index (χ2v) is 5.04. The number of ether oxygens (including phenoxy) is 1. The van der Waals surface area contributed by atoms with Gasteiger partial charge >= 0.3 is 0 Å². The monoisotopic (exact) mass is 251 g/mol.